The molecule has 5 heteroatoms. The second kappa shape index (κ2) is 9.18. The summed E-state index contributed by atoms with van der Waals surface area (Å²) >= 11 is 1.71. The maximum absolute atomic E-state index is 10.4. The van der Waals surface area contributed by atoms with Crippen molar-refractivity contribution in [3.63, 3.8) is 0 Å². The minimum Gasteiger partial charge on any atom is -0.491 e. The van der Waals surface area contributed by atoms with Gasteiger partial charge < -0.3 is 14.6 Å². The molecule has 2 aromatic rings. The highest BCUT2D eigenvalue weighted by atomic mass is 32.1. The molecular formula is C19H25NO3S. The molecule has 1 N–H and O–H groups in total. The van der Waals surface area contributed by atoms with Crippen LogP contribution in [0.3, 0.4) is 0 Å². The summed E-state index contributed by atoms with van der Waals surface area (Å²) in [6.07, 6.45) is 2.00. The molecule has 0 amide bonds. The lowest BCUT2D eigenvalue weighted by Crippen LogP contribution is -2.39. The zero-order valence-electron chi connectivity index (χ0n) is 13.8. The summed E-state index contributed by atoms with van der Waals surface area (Å²) in [5.74, 6) is 0.792. The first kappa shape index (κ1) is 17.4. The Bertz CT molecular complexity index is 570. The van der Waals surface area contributed by atoms with Gasteiger partial charge in [0, 0.05) is 26.2 Å². The molecule has 4 nitrogen and oxygen atoms in total. The monoisotopic (exact) mass is 347 g/mol. The molecule has 1 aromatic heterocycles. The maximum Gasteiger partial charge on any atom is 0.119 e. The van der Waals surface area contributed by atoms with Crippen LogP contribution in [0.15, 0.2) is 47.2 Å². The Morgan fingerprint density at radius 1 is 1.29 bits per heavy atom. The molecule has 1 fully saturated rings. The van der Waals surface area contributed by atoms with Crippen molar-refractivity contribution < 1.29 is 14.6 Å². The molecule has 24 heavy (non-hydrogen) atoms. The lowest BCUT2D eigenvalue weighted by Gasteiger charge is -2.27. The van der Waals surface area contributed by atoms with E-state index >= 15 is 0 Å². The summed E-state index contributed by atoms with van der Waals surface area (Å²) in [5, 5.41) is 14.6. The lowest BCUT2D eigenvalue weighted by molar-refractivity contribution is 0.0314. The van der Waals surface area contributed by atoms with Crippen molar-refractivity contribution in [1.29, 1.82) is 0 Å². The number of aliphatic hydroxyl groups is 1. The normalized spacial score (nSPS) is 18.8. The zero-order chi connectivity index (χ0) is 16.6. The van der Waals surface area contributed by atoms with Gasteiger partial charge in [0.05, 0.1) is 6.10 Å². The van der Waals surface area contributed by atoms with Gasteiger partial charge in [-0.05, 0) is 47.4 Å². The summed E-state index contributed by atoms with van der Waals surface area (Å²) in [4.78, 5) is 2.27. The Balaban J connectivity index is 1.51. The topological polar surface area (TPSA) is 41.9 Å². The van der Waals surface area contributed by atoms with E-state index in [-0.39, 0.29) is 6.10 Å². The number of aliphatic hydroxyl groups excluding tert-OH is 1. The fourth-order valence-corrected chi connectivity index (χ4v) is 3.64. The number of ether oxygens (including phenoxy) is 2. The minimum atomic E-state index is -0.523. The Morgan fingerprint density at radius 3 is 2.88 bits per heavy atom. The summed E-state index contributed by atoms with van der Waals surface area (Å²) in [6, 6.07) is 11.8. The molecule has 2 atom stereocenters. The largest absolute Gasteiger partial charge is 0.491 e. The van der Waals surface area contributed by atoms with E-state index in [9.17, 15) is 5.11 Å². The molecule has 1 saturated heterocycles. The van der Waals surface area contributed by atoms with Crippen LogP contribution in [0.4, 0.5) is 0 Å². The molecule has 0 bridgehead atoms. The number of hydrogen-bond donors (Lipinski definition) is 1. The molecule has 0 radical (unpaired) electrons. The van der Waals surface area contributed by atoms with E-state index in [2.05, 4.69) is 21.7 Å². The molecule has 0 unspecified atom stereocenters. The first-order chi connectivity index (χ1) is 11.8. The van der Waals surface area contributed by atoms with Crippen molar-refractivity contribution in [2.45, 2.75) is 31.6 Å². The molecule has 1 aliphatic heterocycles. The van der Waals surface area contributed by atoms with Crippen molar-refractivity contribution >= 4 is 11.3 Å². The lowest BCUT2D eigenvalue weighted by atomic mass is 10.2. The van der Waals surface area contributed by atoms with Crippen LogP contribution in [0.1, 0.15) is 18.4 Å². The third-order valence-corrected chi connectivity index (χ3v) is 4.86. The maximum atomic E-state index is 10.4. The highest BCUT2D eigenvalue weighted by molar-refractivity contribution is 7.07. The van der Waals surface area contributed by atoms with Gasteiger partial charge in [0.2, 0.25) is 0 Å². The van der Waals surface area contributed by atoms with Crippen LogP contribution in [0.25, 0.3) is 0 Å². The highest BCUT2D eigenvalue weighted by Crippen LogP contribution is 2.17. The number of benzene rings is 1. The molecule has 2 heterocycles. The van der Waals surface area contributed by atoms with Crippen LogP contribution in [0.5, 0.6) is 5.75 Å². The van der Waals surface area contributed by atoms with Crippen LogP contribution in [0.2, 0.25) is 0 Å². The zero-order valence-corrected chi connectivity index (χ0v) is 14.7. The highest BCUT2D eigenvalue weighted by Gasteiger charge is 2.21. The molecule has 3 rings (SSSR count). The van der Waals surface area contributed by atoms with Gasteiger partial charge in [-0.25, -0.2) is 0 Å². The fraction of sp³-hybridized carbons (Fsp3) is 0.474. The number of para-hydroxylation sites is 1. The smallest absolute Gasteiger partial charge is 0.119 e. The van der Waals surface area contributed by atoms with E-state index in [0.717, 1.165) is 38.3 Å². The standard InChI is InChI=1S/C19H25NO3S/c21-17(14-23-18-5-2-1-3-6-18)12-20(11-16-8-10-24-15-16)13-19-7-4-9-22-19/h1-3,5-6,8,10,15,17,19,21H,4,7,9,11-14H2/t17-,19+/m1/s1. The summed E-state index contributed by atoms with van der Waals surface area (Å²) in [7, 11) is 0. The van der Waals surface area contributed by atoms with Gasteiger partial charge in [-0.1, -0.05) is 18.2 Å². The van der Waals surface area contributed by atoms with Crippen molar-refractivity contribution in [2.75, 3.05) is 26.3 Å². The van der Waals surface area contributed by atoms with Crippen molar-refractivity contribution in [3.8, 4) is 5.75 Å². The van der Waals surface area contributed by atoms with Gasteiger partial charge in [-0.15, -0.1) is 0 Å². The third kappa shape index (κ3) is 5.60. The predicted molar refractivity (Wildman–Crippen MR) is 96.5 cm³/mol. The SMILES string of the molecule is O[C@@H](COc1ccccc1)CN(Cc1ccsc1)C[C@@H]1CCCO1. The van der Waals surface area contributed by atoms with Crippen molar-refractivity contribution in [1.82, 2.24) is 4.90 Å². The third-order valence-electron chi connectivity index (χ3n) is 4.13. The van der Waals surface area contributed by atoms with Gasteiger partial charge >= 0.3 is 0 Å². The van der Waals surface area contributed by atoms with Gasteiger partial charge in [0.1, 0.15) is 18.5 Å². The van der Waals surface area contributed by atoms with Gasteiger partial charge in [0.15, 0.2) is 0 Å². The van der Waals surface area contributed by atoms with Gasteiger partial charge in [-0.3, -0.25) is 4.90 Å². The quantitative estimate of drug-likeness (QED) is 0.756. The van der Waals surface area contributed by atoms with Gasteiger partial charge in [-0.2, -0.15) is 11.3 Å². The number of rotatable bonds is 9. The van der Waals surface area contributed by atoms with Crippen LogP contribution >= 0.6 is 11.3 Å². The first-order valence-corrected chi connectivity index (χ1v) is 9.45. The van der Waals surface area contributed by atoms with Crippen molar-refractivity contribution in [2.24, 2.45) is 0 Å². The molecular weight excluding hydrogens is 322 g/mol. The molecule has 0 spiro atoms. The van der Waals surface area contributed by atoms with Crippen LogP contribution in [-0.2, 0) is 11.3 Å². The first-order valence-electron chi connectivity index (χ1n) is 8.50. The minimum absolute atomic E-state index is 0.283. The molecule has 0 saturated carbocycles. The number of nitrogens with zero attached hydrogens (tertiary/aromatic N) is 1. The number of thiophene rings is 1. The van der Waals surface area contributed by atoms with E-state index in [0.29, 0.717) is 13.2 Å². The Kier molecular flexibility index (Phi) is 6.66. The van der Waals surface area contributed by atoms with Crippen molar-refractivity contribution in [3.05, 3.63) is 52.7 Å². The molecule has 0 aliphatic carbocycles. The average molecular weight is 347 g/mol. The fourth-order valence-electron chi connectivity index (χ4n) is 2.98. The Labute approximate surface area is 147 Å². The molecule has 130 valence electrons. The average Bonchev–Trinajstić information content (AvgIpc) is 3.28. The summed E-state index contributed by atoms with van der Waals surface area (Å²) in [6.45, 7) is 3.44. The molecule has 1 aliphatic rings. The second-order valence-corrected chi connectivity index (χ2v) is 7.02. The summed E-state index contributed by atoms with van der Waals surface area (Å²) in [5.41, 5.74) is 1.29. The van der Waals surface area contributed by atoms with Crippen LogP contribution < -0.4 is 4.74 Å². The van der Waals surface area contributed by atoms with E-state index in [1.54, 1.807) is 11.3 Å². The number of hydrogen-bond acceptors (Lipinski definition) is 5. The van der Waals surface area contributed by atoms with E-state index in [4.69, 9.17) is 9.47 Å². The van der Waals surface area contributed by atoms with Gasteiger partial charge in [0.25, 0.3) is 0 Å². The van der Waals surface area contributed by atoms with Crippen LogP contribution in [-0.4, -0.2) is 48.5 Å². The van der Waals surface area contributed by atoms with E-state index < -0.39 is 6.10 Å². The predicted octanol–water partition coefficient (Wildman–Crippen LogP) is 3.17. The summed E-state index contributed by atoms with van der Waals surface area (Å²) < 4.78 is 11.4. The van der Waals surface area contributed by atoms with E-state index in [1.807, 2.05) is 30.3 Å². The Hall–Kier alpha value is -1.40. The second-order valence-electron chi connectivity index (χ2n) is 6.24. The van der Waals surface area contributed by atoms with Crippen LogP contribution in [0, 0.1) is 0 Å². The Morgan fingerprint density at radius 2 is 2.17 bits per heavy atom. The molecule has 1 aromatic carbocycles. The van der Waals surface area contributed by atoms with E-state index in [1.165, 1.54) is 5.56 Å².